The van der Waals surface area contributed by atoms with E-state index in [1.165, 1.54) is 5.56 Å². The highest BCUT2D eigenvalue weighted by Crippen LogP contribution is 2.48. The summed E-state index contributed by atoms with van der Waals surface area (Å²) >= 11 is 0. The van der Waals surface area contributed by atoms with E-state index in [2.05, 4.69) is 35.1 Å². The Hall–Kier alpha value is -2.41. The van der Waals surface area contributed by atoms with Gasteiger partial charge in [-0.25, -0.2) is 10.9 Å². The maximum Gasteiger partial charge on any atom is 0.242 e. The van der Waals surface area contributed by atoms with E-state index in [-0.39, 0.29) is 42.3 Å². The van der Waals surface area contributed by atoms with Gasteiger partial charge >= 0.3 is 0 Å². The Morgan fingerprint density at radius 3 is 2.44 bits per heavy atom. The lowest BCUT2D eigenvalue weighted by Gasteiger charge is -2.31. The highest BCUT2D eigenvalue weighted by Gasteiger charge is 2.55. The van der Waals surface area contributed by atoms with E-state index in [4.69, 9.17) is 0 Å². The van der Waals surface area contributed by atoms with Crippen molar-refractivity contribution in [3.63, 3.8) is 0 Å². The van der Waals surface area contributed by atoms with Gasteiger partial charge in [-0.1, -0.05) is 48.0 Å². The minimum Gasteiger partial charge on any atom is -0.508 e. The van der Waals surface area contributed by atoms with Crippen LogP contribution >= 0.6 is 0 Å². The van der Waals surface area contributed by atoms with Crippen molar-refractivity contribution in [2.75, 3.05) is 13.2 Å². The monoisotopic (exact) mass is 367 g/mol. The fourth-order valence-electron chi connectivity index (χ4n) is 4.37. The Balaban J connectivity index is 1.76. The third-order valence-corrected chi connectivity index (χ3v) is 5.66. The van der Waals surface area contributed by atoms with E-state index in [0.29, 0.717) is 13.0 Å². The number of aryl methyl sites for hydroxylation is 1. The van der Waals surface area contributed by atoms with Gasteiger partial charge in [-0.15, -0.1) is 0 Å². The fraction of sp³-hybridized carbons (Fsp3) is 0.381. The van der Waals surface area contributed by atoms with Crippen LogP contribution in [0.2, 0.25) is 0 Å². The second-order valence-corrected chi connectivity index (χ2v) is 7.34. The largest absolute Gasteiger partial charge is 0.508 e. The number of amides is 1. The minimum absolute atomic E-state index is 0.0319. The number of para-hydroxylation sites is 1. The lowest BCUT2D eigenvalue weighted by Crippen LogP contribution is -2.41. The van der Waals surface area contributed by atoms with Crippen molar-refractivity contribution in [1.82, 2.24) is 15.8 Å². The van der Waals surface area contributed by atoms with Gasteiger partial charge < -0.3 is 15.1 Å². The number of carbonyl (C=O) groups excluding carboxylic acids is 1. The Bertz CT molecular complexity index is 824. The first-order chi connectivity index (χ1) is 13.1. The van der Waals surface area contributed by atoms with E-state index in [9.17, 15) is 15.0 Å². The molecule has 2 aliphatic rings. The molecule has 2 aromatic carbocycles. The first kappa shape index (κ1) is 18.0. The quantitative estimate of drug-likeness (QED) is 0.648. The molecule has 6 nitrogen and oxygen atoms in total. The Kier molecular flexibility index (Phi) is 4.86. The smallest absolute Gasteiger partial charge is 0.242 e. The van der Waals surface area contributed by atoms with E-state index in [1.54, 1.807) is 12.1 Å². The number of carbonyl (C=O) groups is 1. The van der Waals surface area contributed by atoms with Crippen molar-refractivity contribution < 1.29 is 15.0 Å². The number of hydrogen-bond donors (Lipinski definition) is 4. The van der Waals surface area contributed by atoms with Gasteiger partial charge in [0.05, 0.1) is 12.1 Å². The van der Waals surface area contributed by atoms with Gasteiger partial charge in [0.1, 0.15) is 11.8 Å². The molecule has 142 valence electrons. The zero-order valence-corrected chi connectivity index (χ0v) is 15.3. The summed E-state index contributed by atoms with van der Waals surface area (Å²) in [5.74, 6) is 0.193. The molecule has 4 atom stereocenters. The second-order valence-electron chi connectivity index (χ2n) is 7.34. The second kappa shape index (κ2) is 7.31. The maximum atomic E-state index is 13.1. The number of likely N-dealkylation sites (tertiary alicyclic amines) is 1. The molecule has 27 heavy (non-hydrogen) atoms. The molecule has 4 N–H and O–H groups in total. The van der Waals surface area contributed by atoms with Gasteiger partial charge in [-0.05, 0) is 25.0 Å². The summed E-state index contributed by atoms with van der Waals surface area (Å²) in [4.78, 5) is 15.0. The topological polar surface area (TPSA) is 84.8 Å². The molecule has 2 aromatic rings. The average molecular weight is 367 g/mol. The van der Waals surface area contributed by atoms with Crippen molar-refractivity contribution >= 4 is 5.91 Å². The summed E-state index contributed by atoms with van der Waals surface area (Å²) in [5.41, 5.74) is 9.40. The van der Waals surface area contributed by atoms with Crippen LogP contribution in [0.15, 0.2) is 48.5 Å². The number of phenols is 1. The van der Waals surface area contributed by atoms with Crippen LogP contribution in [0, 0.1) is 12.8 Å². The lowest BCUT2D eigenvalue weighted by molar-refractivity contribution is -0.130. The zero-order chi connectivity index (χ0) is 19.0. The Labute approximate surface area is 158 Å². The summed E-state index contributed by atoms with van der Waals surface area (Å²) in [6, 6.07) is 14.8. The summed E-state index contributed by atoms with van der Waals surface area (Å²) in [5, 5.41) is 19.6. The van der Waals surface area contributed by atoms with Gasteiger partial charge in [-0.2, -0.15) is 0 Å². The number of aliphatic hydroxyl groups excluding tert-OH is 1. The summed E-state index contributed by atoms with van der Waals surface area (Å²) < 4.78 is 0. The van der Waals surface area contributed by atoms with E-state index in [0.717, 1.165) is 11.1 Å². The van der Waals surface area contributed by atoms with Gasteiger partial charge in [-0.3, -0.25) is 4.79 Å². The van der Waals surface area contributed by atoms with Crippen LogP contribution in [-0.2, 0) is 4.79 Å². The molecule has 0 aliphatic carbocycles. The molecule has 2 fully saturated rings. The van der Waals surface area contributed by atoms with Crippen LogP contribution in [0.4, 0.5) is 0 Å². The van der Waals surface area contributed by atoms with Crippen molar-refractivity contribution in [3.8, 4) is 5.75 Å². The molecule has 4 rings (SSSR count). The predicted octanol–water partition coefficient (Wildman–Crippen LogP) is 1.80. The highest BCUT2D eigenvalue weighted by atomic mass is 16.3. The van der Waals surface area contributed by atoms with Crippen molar-refractivity contribution in [2.45, 2.75) is 31.5 Å². The number of rotatable bonds is 5. The number of hydrazine groups is 1. The van der Waals surface area contributed by atoms with Crippen LogP contribution < -0.4 is 10.9 Å². The Morgan fingerprint density at radius 2 is 1.74 bits per heavy atom. The number of phenolic OH excluding ortho intramolecular Hbond substituents is 1. The van der Waals surface area contributed by atoms with E-state index < -0.39 is 0 Å². The van der Waals surface area contributed by atoms with Crippen LogP contribution in [-0.4, -0.2) is 40.2 Å². The summed E-state index contributed by atoms with van der Waals surface area (Å²) in [7, 11) is 0. The third kappa shape index (κ3) is 3.10. The van der Waals surface area contributed by atoms with Crippen molar-refractivity contribution in [1.29, 1.82) is 0 Å². The highest BCUT2D eigenvalue weighted by molar-refractivity contribution is 5.86. The maximum absolute atomic E-state index is 13.1. The molecule has 0 spiro atoms. The van der Waals surface area contributed by atoms with E-state index >= 15 is 0 Å². The summed E-state index contributed by atoms with van der Waals surface area (Å²) in [6.45, 7) is 2.60. The molecular formula is C21H25N3O3. The fourth-order valence-corrected chi connectivity index (χ4v) is 4.37. The molecule has 0 saturated carbocycles. The SMILES string of the molecule is Cc1ccc(C2C3C(NNC3c3ccccc3O)C(=O)N2CCCO)cc1. The molecule has 6 heteroatoms. The number of fused-ring (bicyclic) bond motifs is 1. The van der Waals surface area contributed by atoms with Crippen LogP contribution in [0.1, 0.15) is 35.2 Å². The molecule has 0 radical (unpaired) electrons. The van der Waals surface area contributed by atoms with Crippen LogP contribution in [0.25, 0.3) is 0 Å². The Morgan fingerprint density at radius 1 is 1.04 bits per heavy atom. The first-order valence-electron chi connectivity index (χ1n) is 9.38. The van der Waals surface area contributed by atoms with Gasteiger partial charge in [0.2, 0.25) is 5.91 Å². The summed E-state index contributed by atoms with van der Waals surface area (Å²) in [6.07, 6.45) is 0.544. The molecule has 1 amide bonds. The number of hydrogen-bond acceptors (Lipinski definition) is 5. The predicted molar refractivity (Wildman–Crippen MR) is 102 cm³/mol. The standard InChI is InChI=1S/C21H25N3O3/c1-13-7-9-14(10-8-13)20-17-18(15-5-2-3-6-16(15)26)22-23-19(17)21(27)24(20)11-4-12-25/h2-3,5-10,17-20,22-23,25-26H,4,11-12H2,1H3. The van der Waals surface area contributed by atoms with Gasteiger partial charge in [0, 0.05) is 24.6 Å². The van der Waals surface area contributed by atoms with Gasteiger partial charge in [0.15, 0.2) is 0 Å². The molecule has 0 aromatic heterocycles. The van der Waals surface area contributed by atoms with Crippen molar-refractivity contribution in [2.24, 2.45) is 5.92 Å². The molecular weight excluding hydrogens is 342 g/mol. The molecule has 4 unspecified atom stereocenters. The average Bonchev–Trinajstić information content (AvgIpc) is 3.21. The molecule has 0 bridgehead atoms. The normalized spacial score (nSPS) is 27.2. The number of benzene rings is 2. The van der Waals surface area contributed by atoms with E-state index in [1.807, 2.05) is 24.0 Å². The third-order valence-electron chi connectivity index (χ3n) is 5.66. The number of aliphatic hydroxyl groups is 1. The van der Waals surface area contributed by atoms with Crippen LogP contribution in [0.3, 0.4) is 0 Å². The number of aromatic hydroxyl groups is 1. The van der Waals surface area contributed by atoms with Crippen molar-refractivity contribution in [3.05, 3.63) is 65.2 Å². The lowest BCUT2D eigenvalue weighted by atomic mass is 9.83. The molecule has 2 heterocycles. The van der Waals surface area contributed by atoms with Gasteiger partial charge in [0.25, 0.3) is 0 Å². The number of nitrogens with one attached hydrogen (secondary N) is 2. The first-order valence-corrected chi connectivity index (χ1v) is 9.38. The molecule has 2 saturated heterocycles. The van der Waals surface area contributed by atoms with Crippen LogP contribution in [0.5, 0.6) is 5.75 Å². The zero-order valence-electron chi connectivity index (χ0n) is 15.3. The minimum atomic E-state index is -0.361. The molecule has 2 aliphatic heterocycles. The number of nitrogens with zero attached hydrogens (tertiary/aromatic N) is 1.